The number of hydrogen-bond acceptors (Lipinski definition) is 4. The Hall–Kier alpha value is -3.31. The normalized spacial score (nSPS) is 10.2. The third-order valence-corrected chi connectivity index (χ3v) is 4.16. The highest BCUT2D eigenvalue weighted by Crippen LogP contribution is 2.29. The molecule has 0 unspecified atom stereocenters. The molecule has 0 aliphatic carbocycles. The van der Waals surface area contributed by atoms with E-state index >= 15 is 0 Å². The molecule has 0 radical (unpaired) electrons. The minimum atomic E-state index is -0.642. The predicted octanol–water partition coefficient (Wildman–Crippen LogP) is 4.57. The summed E-state index contributed by atoms with van der Waals surface area (Å²) in [4.78, 5) is 23.8. The maximum absolute atomic E-state index is 11.9. The summed E-state index contributed by atoms with van der Waals surface area (Å²) in [6.07, 6.45) is 0. The van der Waals surface area contributed by atoms with Gasteiger partial charge in [-0.05, 0) is 23.8 Å². The Balaban J connectivity index is 1.51. The highest BCUT2D eigenvalue weighted by atomic mass is 35.5. The van der Waals surface area contributed by atoms with Gasteiger partial charge < -0.3 is 14.8 Å². The van der Waals surface area contributed by atoms with E-state index in [-0.39, 0.29) is 6.61 Å². The van der Waals surface area contributed by atoms with E-state index in [1.165, 1.54) is 0 Å². The topological polar surface area (TPSA) is 64.6 Å². The number of rotatable bonds is 7. The number of benzene rings is 3. The maximum Gasteiger partial charge on any atom is 0.344 e. The van der Waals surface area contributed by atoms with Crippen molar-refractivity contribution in [2.45, 2.75) is 0 Å². The highest BCUT2D eigenvalue weighted by molar-refractivity contribution is 6.33. The molecule has 0 bridgehead atoms. The molecular weight excluding hydrogens is 378 g/mol. The molecule has 0 spiro atoms. The molecule has 1 amide bonds. The number of carbonyl (C=O) groups excluding carboxylic acids is 2. The molecule has 3 aromatic rings. The van der Waals surface area contributed by atoms with Gasteiger partial charge in [0.15, 0.2) is 13.2 Å². The summed E-state index contributed by atoms with van der Waals surface area (Å²) in [5.41, 5.74) is 2.30. The number of carbonyl (C=O) groups is 2. The van der Waals surface area contributed by atoms with E-state index in [0.29, 0.717) is 16.5 Å². The molecule has 1 N–H and O–H groups in total. The number of amides is 1. The van der Waals surface area contributed by atoms with Crippen LogP contribution in [0.15, 0.2) is 78.9 Å². The van der Waals surface area contributed by atoms with Crippen molar-refractivity contribution < 1.29 is 19.1 Å². The lowest BCUT2D eigenvalue weighted by Crippen LogP contribution is -2.23. The van der Waals surface area contributed by atoms with Gasteiger partial charge in [-0.15, -0.1) is 0 Å². The van der Waals surface area contributed by atoms with Crippen molar-refractivity contribution in [2.24, 2.45) is 0 Å². The van der Waals surface area contributed by atoms with E-state index in [4.69, 9.17) is 21.1 Å². The summed E-state index contributed by atoms with van der Waals surface area (Å²) in [6.45, 7) is -0.725. The highest BCUT2D eigenvalue weighted by Gasteiger charge is 2.12. The Bertz CT molecular complexity index is 960. The Morgan fingerprint density at radius 2 is 1.50 bits per heavy atom. The number of nitrogens with one attached hydrogen (secondary N) is 1. The zero-order chi connectivity index (χ0) is 19.8. The Morgan fingerprint density at radius 3 is 2.29 bits per heavy atom. The van der Waals surface area contributed by atoms with Crippen LogP contribution >= 0.6 is 11.6 Å². The fourth-order valence-corrected chi connectivity index (χ4v) is 2.70. The molecule has 0 saturated carbocycles. The van der Waals surface area contributed by atoms with Gasteiger partial charge in [-0.1, -0.05) is 72.3 Å². The van der Waals surface area contributed by atoms with E-state index in [1.54, 1.807) is 30.3 Å². The van der Waals surface area contributed by atoms with Gasteiger partial charge in [0, 0.05) is 5.56 Å². The zero-order valence-electron chi connectivity index (χ0n) is 14.9. The molecule has 0 aliphatic rings. The molecule has 3 rings (SSSR count). The predicted molar refractivity (Wildman–Crippen MR) is 108 cm³/mol. The van der Waals surface area contributed by atoms with E-state index in [9.17, 15) is 9.59 Å². The third kappa shape index (κ3) is 5.34. The van der Waals surface area contributed by atoms with Gasteiger partial charge in [0.1, 0.15) is 5.75 Å². The van der Waals surface area contributed by atoms with Crippen molar-refractivity contribution in [3.05, 3.63) is 83.9 Å². The van der Waals surface area contributed by atoms with Crippen LogP contribution in [0.3, 0.4) is 0 Å². The zero-order valence-corrected chi connectivity index (χ0v) is 15.7. The number of anilines is 1. The summed E-state index contributed by atoms with van der Waals surface area (Å²) in [7, 11) is 0. The number of para-hydroxylation sites is 2. The van der Waals surface area contributed by atoms with Crippen LogP contribution < -0.4 is 10.1 Å². The van der Waals surface area contributed by atoms with Gasteiger partial charge in [0.2, 0.25) is 0 Å². The number of halogens is 1. The van der Waals surface area contributed by atoms with Crippen LogP contribution in [-0.4, -0.2) is 25.1 Å². The van der Waals surface area contributed by atoms with Crippen LogP contribution in [-0.2, 0) is 14.3 Å². The molecule has 0 saturated heterocycles. The smallest absolute Gasteiger partial charge is 0.344 e. The Morgan fingerprint density at radius 1 is 0.821 bits per heavy atom. The van der Waals surface area contributed by atoms with Crippen LogP contribution in [0.1, 0.15) is 0 Å². The summed E-state index contributed by atoms with van der Waals surface area (Å²) in [5, 5.41) is 2.99. The van der Waals surface area contributed by atoms with Gasteiger partial charge >= 0.3 is 5.97 Å². The first-order valence-corrected chi connectivity index (χ1v) is 8.98. The van der Waals surface area contributed by atoms with Crippen molar-refractivity contribution in [1.29, 1.82) is 0 Å². The molecular formula is C22H18ClNO4. The minimum Gasteiger partial charge on any atom is -0.481 e. The molecule has 0 aliphatic heterocycles. The standard InChI is InChI=1S/C22H18ClNO4/c23-18-11-5-6-12-19(18)24-21(25)14-28-22(26)15-27-20-13-7-4-10-17(20)16-8-2-1-3-9-16/h1-13H,14-15H2,(H,24,25). The van der Waals surface area contributed by atoms with Gasteiger partial charge in [0.25, 0.3) is 5.91 Å². The van der Waals surface area contributed by atoms with Crippen molar-refractivity contribution in [3.63, 3.8) is 0 Å². The summed E-state index contributed by atoms with van der Waals surface area (Å²) < 4.78 is 10.6. The lowest BCUT2D eigenvalue weighted by molar-refractivity contribution is -0.149. The second-order valence-electron chi connectivity index (χ2n) is 5.84. The fourth-order valence-electron chi connectivity index (χ4n) is 2.52. The van der Waals surface area contributed by atoms with E-state index < -0.39 is 18.5 Å². The van der Waals surface area contributed by atoms with Crippen molar-refractivity contribution in [2.75, 3.05) is 18.5 Å². The van der Waals surface area contributed by atoms with Gasteiger partial charge in [0.05, 0.1) is 10.7 Å². The second kappa shape index (κ2) is 9.58. The van der Waals surface area contributed by atoms with E-state index in [2.05, 4.69) is 5.32 Å². The van der Waals surface area contributed by atoms with Crippen LogP contribution in [0.25, 0.3) is 11.1 Å². The minimum absolute atomic E-state index is 0.302. The van der Waals surface area contributed by atoms with Crippen LogP contribution in [0.5, 0.6) is 5.75 Å². The van der Waals surface area contributed by atoms with E-state index in [1.807, 2.05) is 48.5 Å². The SMILES string of the molecule is O=C(COC(=O)COc1ccccc1-c1ccccc1)Nc1ccccc1Cl. The van der Waals surface area contributed by atoms with Crippen molar-refractivity contribution in [1.82, 2.24) is 0 Å². The molecule has 6 heteroatoms. The lowest BCUT2D eigenvalue weighted by Gasteiger charge is -2.11. The largest absolute Gasteiger partial charge is 0.481 e. The number of hydrogen-bond donors (Lipinski definition) is 1. The lowest BCUT2D eigenvalue weighted by atomic mass is 10.1. The fraction of sp³-hybridized carbons (Fsp3) is 0.0909. The Kier molecular flexibility index (Phi) is 6.65. The first-order valence-electron chi connectivity index (χ1n) is 8.61. The summed E-state index contributed by atoms with van der Waals surface area (Å²) in [6, 6.07) is 23.9. The first kappa shape index (κ1) is 19.5. The molecule has 142 valence electrons. The van der Waals surface area contributed by atoms with E-state index in [0.717, 1.165) is 11.1 Å². The first-order chi connectivity index (χ1) is 13.6. The number of esters is 1. The third-order valence-electron chi connectivity index (χ3n) is 3.83. The number of ether oxygens (including phenoxy) is 2. The molecule has 0 aromatic heterocycles. The average Bonchev–Trinajstić information content (AvgIpc) is 2.73. The molecule has 5 nitrogen and oxygen atoms in total. The second-order valence-corrected chi connectivity index (χ2v) is 6.25. The van der Waals surface area contributed by atoms with Crippen molar-refractivity contribution >= 4 is 29.2 Å². The quantitative estimate of drug-likeness (QED) is 0.595. The molecule has 0 heterocycles. The monoisotopic (exact) mass is 395 g/mol. The Labute approximate surface area is 167 Å². The van der Waals surface area contributed by atoms with Crippen LogP contribution in [0, 0.1) is 0 Å². The van der Waals surface area contributed by atoms with Crippen LogP contribution in [0.2, 0.25) is 5.02 Å². The molecule has 0 fully saturated rings. The maximum atomic E-state index is 11.9. The molecule has 3 aromatic carbocycles. The summed E-state index contributed by atoms with van der Waals surface area (Å²) in [5.74, 6) is -0.561. The average molecular weight is 396 g/mol. The van der Waals surface area contributed by atoms with Gasteiger partial charge in [-0.3, -0.25) is 4.79 Å². The van der Waals surface area contributed by atoms with Gasteiger partial charge in [-0.2, -0.15) is 0 Å². The molecule has 28 heavy (non-hydrogen) atoms. The summed E-state index contributed by atoms with van der Waals surface area (Å²) >= 11 is 5.97. The molecule has 0 atom stereocenters. The van der Waals surface area contributed by atoms with Crippen LogP contribution in [0.4, 0.5) is 5.69 Å². The van der Waals surface area contributed by atoms with Gasteiger partial charge in [-0.25, -0.2) is 4.79 Å². The van der Waals surface area contributed by atoms with Crippen molar-refractivity contribution in [3.8, 4) is 16.9 Å².